The number of aromatic nitrogens is 2. The first kappa shape index (κ1) is 22.2. The van der Waals surface area contributed by atoms with Crippen LogP contribution in [0.25, 0.3) is 27.8 Å². The maximum Gasteiger partial charge on any atom is 0.319 e. The molecule has 0 unspecified atom stereocenters. The molecule has 3 aromatic carbocycles. The van der Waals surface area contributed by atoms with E-state index >= 15 is 0 Å². The number of carbonyl (C=O) groups is 2. The molecule has 7 heteroatoms. The second-order valence-electron chi connectivity index (χ2n) is 8.19. The predicted octanol–water partition coefficient (Wildman–Crippen LogP) is 4.58. The van der Waals surface area contributed by atoms with Gasteiger partial charge in [0, 0.05) is 30.0 Å². The molecule has 0 saturated heterocycles. The molecule has 0 spiro atoms. The minimum Gasteiger partial charge on any atom is -0.337 e. The fourth-order valence-electron chi connectivity index (χ4n) is 3.58. The molecule has 0 atom stereocenters. The van der Waals surface area contributed by atoms with E-state index in [1.54, 1.807) is 13.3 Å². The maximum atomic E-state index is 12.0. The molecule has 2 amide bonds. The summed E-state index contributed by atoms with van der Waals surface area (Å²) in [5.41, 5.74) is 6.18. The number of imidazole rings is 1. The van der Waals surface area contributed by atoms with E-state index < -0.39 is 0 Å². The zero-order valence-electron chi connectivity index (χ0n) is 19.0. The van der Waals surface area contributed by atoms with E-state index in [1.165, 1.54) is 0 Å². The average Bonchev–Trinajstić information content (AvgIpc) is 3.22. The molecule has 168 valence electrons. The molecule has 0 aliphatic heterocycles. The molecule has 0 aliphatic rings. The predicted molar refractivity (Wildman–Crippen MR) is 132 cm³/mol. The number of fused-ring (bicyclic) bond motifs is 1. The number of hydrogen-bond acceptors (Lipinski definition) is 4. The molecule has 1 aromatic heterocycles. The Balaban J connectivity index is 1.54. The van der Waals surface area contributed by atoms with Crippen molar-refractivity contribution in [3.63, 3.8) is 0 Å². The third-order valence-corrected chi connectivity index (χ3v) is 5.40. The SMILES string of the molecule is CC(=O)c1cccc(-n2cnc3ccc(-c4ccc(NC(=O)NCCN(C)C)cc4)cc32)c1. The van der Waals surface area contributed by atoms with Crippen LogP contribution < -0.4 is 10.6 Å². The first-order valence-electron chi connectivity index (χ1n) is 10.8. The number of hydrogen-bond donors (Lipinski definition) is 2. The van der Waals surface area contributed by atoms with Gasteiger partial charge in [-0.3, -0.25) is 9.36 Å². The number of ketones is 1. The van der Waals surface area contributed by atoms with Gasteiger partial charge in [0.05, 0.1) is 11.0 Å². The molecule has 33 heavy (non-hydrogen) atoms. The van der Waals surface area contributed by atoms with Crippen LogP contribution in [0.3, 0.4) is 0 Å². The van der Waals surface area contributed by atoms with Crippen molar-refractivity contribution in [2.45, 2.75) is 6.92 Å². The lowest BCUT2D eigenvalue weighted by Crippen LogP contribution is -2.34. The Kier molecular flexibility index (Phi) is 6.51. The summed E-state index contributed by atoms with van der Waals surface area (Å²) in [6.07, 6.45) is 1.77. The largest absolute Gasteiger partial charge is 0.337 e. The summed E-state index contributed by atoms with van der Waals surface area (Å²) in [6.45, 7) is 2.93. The molecule has 0 saturated carbocycles. The Labute approximate surface area is 193 Å². The molecule has 0 radical (unpaired) electrons. The average molecular weight is 442 g/mol. The number of Topliss-reactive ketones (excluding diaryl/α,β-unsaturated/α-hetero) is 1. The van der Waals surface area contributed by atoms with Crippen molar-refractivity contribution in [2.24, 2.45) is 0 Å². The first-order valence-corrected chi connectivity index (χ1v) is 10.8. The van der Waals surface area contributed by atoms with Crippen LogP contribution in [-0.2, 0) is 0 Å². The highest BCUT2D eigenvalue weighted by molar-refractivity contribution is 5.95. The van der Waals surface area contributed by atoms with Gasteiger partial charge in [0.1, 0.15) is 6.33 Å². The summed E-state index contributed by atoms with van der Waals surface area (Å²) in [4.78, 5) is 30.3. The number of urea groups is 1. The van der Waals surface area contributed by atoms with E-state index in [0.717, 1.165) is 40.1 Å². The maximum absolute atomic E-state index is 12.0. The van der Waals surface area contributed by atoms with Gasteiger partial charge in [0.2, 0.25) is 0 Å². The van der Waals surface area contributed by atoms with Gasteiger partial charge in [0.15, 0.2) is 5.78 Å². The highest BCUT2D eigenvalue weighted by Gasteiger charge is 2.09. The van der Waals surface area contributed by atoms with Gasteiger partial charge in [0.25, 0.3) is 0 Å². The molecule has 0 bridgehead atoms. The van der Waals surface area contributed by atoms with Crippen LogP contribution in [0.4, 0.5) is 10.5 Å². The highest BCUT2D eigenvalue weighted by atomic mass is 16.2. The minimum absolute atomic E-state index is 0.0297. The summed E-state index contributed by atoms with van der Waals surface area (Å²) < 4.78 is 1.99. The van der Waals surface area contributed by atoms with Crippen LogP contribution >= 0.6 is 0 Å². The normalized spacial score (nSPS) is 11.0. The molecule has 1 heterocycles. The van der Waals surface area contributed by atoms with E-state index in [-0.39, 0.29) is 11.8 Å². The lowest BCUT2D eigenvalue weighted by Gasteiger charge is -2.11. The number of rotatable bonds is 7. The van der Waals surface area contributed by atoms with E-state index in [2.05, 4.69) is 21.7 Å². The number of nitrogens with one attached hydrogen (secondary N) is 2. The Morgan fingerprint density at radius 3 is 2.45 bits per heavy atom. The Bertz CT molecular complexity index is 1290. The molecule has 4 aromatic rings. The molecular formula is C26H27N5O2. The van der Waals surface area contributed by atoms with Crippen molar-refractivity contribution < 1.29 is 9.59 Å². The van der Waals surface area contributed by atoms with Crippen LogP contribution in [-0.4, -0.2) is 53.5 Å². The number of anilines is 1. The third kappa shape index (κ3) is 5.27. The molecule has 7 nitrogen and oxygen atoms in total. The van der Waals surface area contributed by atoms with Crippen molar-refractivity contribution in [2.75, 3.05) is 32.5 Å². The molecular weight excluding hydrogens is 414 g/mol. The monoisotopic (exact) mass is 441 g/mol. The van der Waals surface area contributed by atoms with Gasteiger partial charge in [-0.1, -0.05) is 30.3 Å². The van der Waals surface area contributed by atoms with Gasteiger partial charge in [-0.2, -0.15) is 0 Å². The van der Waals surface area contributed by atoms with E-state index in [1.807, 2.05) is 84.2 Å². The smallest absolute Gasteiger partial charge is 0.319 e. The van der Waals surface area contributed by atoms with E-state index in [4.69, 9.17) is 0 Å². The van der Waals surface area contributed by atoms with Crippen LogP contribution in [0.15, 0.2) is 73.1 Å². The number of amides is 2. The second kappa shape index (κ2) is 9.67. The molecule has 2 N–H and O–H groups in total. The fourth-order valence-corrected chi connectivity index (χ4v) is 3.58. The lowest BCUT2D eigenvalue weighted by molar-refractivity contribution is 0.101. The van der Waals surface area contributed by atoms with E-state index in [9.17, 15) is 9.59 Å². The highest BCUT2D eigenvalue weighted by Crippen LogP contribution is 2.27. The molecule has 0 fully saturated rings. The van der Waals surface area contributed by atoms with Crippen molar-refractivity contribution in [1.82, 2.24) is 19.8 Å². The first-order chi connectivity index (χ1) is 15.9. The summed E-state index contributed by atoms with van der Waals surface area (Å²) >= 11 is 0. The lowest BCUT2D eigenvalue weighted by atomic mass is 10.0. The van der Waals surface area contributed by atoms with Crippen LogP contribution in [0, 0.1) is 0 Å². The summed E-state index contributed by atoms with van der Waals surface area (Å²) in [5.74, 6) is 0.0297. The summed E-state index contributed by atoms with van der Waals surface area (Å²) in [5, 5.41) is 5.69. The van der Waals surface area contributed by atoms with Crippen molar-refractivity contribution in [3.05, 3.63) is 78.6 Å². The Morgan fingerprint density at radius 1 is 0.970 bits per heavy atom. The zero-order valence-corrected chi connectivity index (χ0v) is 19.0. The van der Waals surface area contributed by atoms with Crippen LogP contribution in [0.2, 0.25) is 0 Å². The summed E-state index contributed by atoms with van der Waals surface area (Å²) in [6, 6.07) is 21.1. The number of carbonyl (C=O) groups excluding carboxylic acids is 2. The number of likely N-dealkylation sites (N-methyl/N-ethyl adjacent to an activating group) is 1. The third-order valence-electron chi connectivity index (χ3n) is 5.40. The quantitative estimate of drug-likeness (QED) is 0.412. The van der Waals surface area contributed by atoms with Gasteiger partial charge in [-0.05, 0) is 68.5 Å². The van der Waals surface area contributed by atoms with E-state index in [0.29, 0.717) is 12.1 Å². The van der Waals surface area contributed by atoms with Gasteiger partial charge in [-0.25, -0.2) is 9.78 Å². The molecule has 4 rings (SSSR count). The van der Waals surface area contributed by atoms with Crippen molar-refractivity contribution >= 4 is 28.5 Å². The van der Waals surface area contributed by atoms with Crippen LogP contribution in [0.5, 0.6) is 0 Å². The van der Waals surface area contributed by atoms with Crippen molar-refractivity contribution in [3.8, 4) is 16.8 Å². The number of benzene rings is 3. The Hall–Kier alpha value is -3.97. The fraction of sp³-hybridized carbons (Fsp3) is 0.192. The Morgan fingerprint density at radius 2 is 1.73 bits per heavy atom. The molecule has 0 aliphatic carbocycles. The standard InChI is InChI=1S/C26H27N5O2/c1-18(32)20-5-4-6-23(15-20)31-17-28-24-12-9-21(16-25(24)31)19-7-10-22(11-8-19)29-26(33)27-13-14-30(2)3/h4-12,15-17H,13-14H2,1-3H3,(H2,27,29,33). The zero-order chi connectivity index (χ0) is 23.4. The second-order valence-corrected chi connectivity index (χ2v) is 8.19. The van der Waals surface area contributed by atoms with Gasteiger partial charge >= 0.3 is 6.03 Å². The van der Waals surface area contributed by atoms with Gasteiger partial charge in [-0.15, -0.1) is 0 Å². The van der Waals surface area contributed by atoms with Gasteiger partial charge < -0.3 is 15.5 Å². The topological polar surface area (TPSA) is 79.3 Å². The van der Waals surface area contributed by atoms with Crippen LogP contribution in [0.1, 0.15) is 17.3 Å². The summed E-state index contributed by atoms with van der Waals surface area (Å²) in [7, 11) is 3.93. The van der Waals surface area contributed by atoms with Crippen molar-refractivity contribution in [1.29, 1.82) is 0 Å². The number of nitrogens with zero attached hydrogens (tertiary/aromatic N) is 3. The minimum atomic E-state index is -0.220.